The molecule has 0 aliphatic heterocycles. The van der Waals surface area contributed by atoms with Gasteiger partial charge in [0.25, 0.3) is 0 Å². The maximum Gasteiger partial charge on any atom is 0.150 e. The van der Waals surface area contributed by atoms with Gasteiger partial charge in [-0.1, -0.05) is 29.8 Å². The second kappa shape index (κ2) is 11.2. The van der Waals surface area contributed by atoms with Crippen LogP contribution in [0.5, 0.6) is 5.75 Å². The van der Waals surface area contributed by atoms with Gasteiger partial charge in [0.05, 0.1) is 18.1 Å². The van der Waals surface area contributed by atoms with Gasteiger partial charge in [-0.25, -0.2) is 8.42 Å². The molecule has 4 nitrogen and oxygen atoms in total. The lowest BCUT2D eigenvalue weighted by molar-refractivity contribution is 0.315. The zero-order chi connectivity index (χ0) is 21.8. The van der Waals surface area contributed by atoms with E-state index in [9.17, 15) is 8.42 Å². The van der Waals surface area contributed by atoms with Crippen LogP contribution in [0.15, 0.2) is 42.5 Å². The Kier molecular flexibility index (Phi) is 8.90. The number of rotatable bonds is 10. The molecule has 2 aliphatic carbocycles. The molecule has 1 N–H and O–H groups in total. The zero-order valence-corrected chi connectivity index (χ0v) is 20.9. The summed E-state index contributed by atoms with van der Waals surface area (Å²) in [5.41, 5.74) is 3.93. The van der Waals surface area contributed by atoms with Crippen molar-refractivity contribution in [2.75, 3.05) is 25.2 Å². The van der Waals surface area contributed by atoms with Crippen LogP contribution in [0.1, 0.15) is 48.3 Å². The summed E-state index contributed by atoms with van der Waals surface area (Å²) < 4.78 is 30.2. The predicted molar refractivity (Wildman–Crippen MR) is 134 cm³/mol. The highest BCUT2D eigenvalue weighted by atomic mass is 35.5. The van der Waals surface area contributed by atoms with Crippen molar-refractivity contribution in [2.45, 2.75) is 50.5 Å². The van der Waals surface area contributed by atoms with E-state index >= 15 is 0 Å². The molecule has 4 rings (SSSR count). The van der Waals surface area contributed by atoms with Gasteiger partial charge in [0, 0.05) is 17.0 Å². The maximum atomic E-state index is 12.1. The molecule has 7 heteroatoms. The molecular weight excluding hydrogens is 465 g/mol. The van der Waals surface area contributed by atoms with Crippen LogP contribution in [0.2, 0.25) is 5.02 Å². The molecule has 32 heavy (non-hydrogen) atoms. The summed E-state index contributed by atoms with van der Waals surface area (Å²) in [6, 6.07) is 14.8. The number of hydrogen-bond donors (Lipinski definition) is 1. The van der Waals surface area contributed by atoms with Gasteiger partial charge in [-0.15, -0.1) is 12.4 Å². The van der Waals surface area contributed by atoms with E-state index in [0.29, 0.717) is 36.7 Å². The fraction of sp³-hybridized carbons (Fsp3) is 0.520. The molecule has 1 fully saturated rings. The first-order chi connectivity index (χ1) is 14.9. The fourth-order valence-corrected chi connectivity index (χ4v) is 6.66. The van der Waals surface area contributed by atoms with Crippen molar-refractivity contribution in [3.8, 4) is 5.75 Å². The summed E-state index contributed by atoms with van der Waals surface area (Å²) in [5, 5.41) is 4.27. The van der Waals surface area contributed by atoms with Crippen LogP contribution in [0, 0.1) is 5.92 Å². The van der Waals surface area contributed by atoms with Crippen LogP contribution >= 0.6 is 24.0 Å². The maximum absolute atomic E-state index is 12.1. The van der Waals surface area contributed by atoms with Crippen LogP contribution in [0.25, 0.3) is 0 Å². The highest BCUT2D eigenvalue weighted by Gasteiger charge is 2.29. The third kappa shape index (κ3) is 6.86. The Morgan fingerprint density at radius 3 is 2.66 bits per heavy atom. The molecule has 0 saturated heterocycles. The minimum absolute atomic E-state index is 0. The largest absolute Gasteiger partial charge is 0.494 e. The smallest absolute Gasteiger partial charge is 0.150 e. The molecule has 0 spiro atoms. The second-order valence-electron chi connectivity index (χ2n) is 8.99. The summed E-state index contributed by atoms with van der Waals surface area (Å²) in [6.07, 6.45) is 5.74. The van der Waals surface area contributed by atoms with E-state index in [1.807, 2.05) is 31.3 Å². The van der Waals surface area contributed by atoms with Crippen molar-refractivity contribution in [2.24, 2.45) is 5.92 Å². The summed E-state index contributed by atoms with van der Waals surface area (Å²) >= 11 is 6.21. The first-order valence-corrected chi connectivity index (χ1v) is 13.5. The van der Waals surface area contributed by atoms with E-state index in [1.165, 1.54) is 16.7 Å². The van der Waals surface area contributed by atoms with Crippen LogP contribution in [-0.4, -0.2) is 39.6 Å². The predicted octanol–water partition coefficient (Wildman–Crippen LogP) is 5.22. The van der Waals surface area contributed by atoms with Gasteiger partial charge in [0.2, 0.25) is 0 Å². The highest BCUT2D eigenvalue weighted by molar-refractivity contribution is 7.91. The van der Waals surface area contributed by atoms with Gasteiger partial charge in [0.1, 0.15) is 5.75 Å². The molecule has 1 saturated carbocycles. The number of hydrogen-bond acceptors (Lipinski definition) is 4. The third-order valence-corrected chi connectivity index (χ3v) is 8.62. The molecule has 0 radical (unpaired) electrons. The first-order valence-electron chi connectivity index (χ1n) is 11.3. The lowest BCUT2D eigenvalue weighted by Gasteiger charge is -2.34. The van der Waals surface area contributed by atoms with E-state index in [0.717, 1.165) is 42.9 Å². The second-order valence-corrected chi connectivity index (χ2v) is 11.7. The Morgan fingerprint density at radius 2 is 1.94 bits per heavy atom. The van der Waals surface area contributed by atoms with Crippen molar-refractivity contribution >= 4 is 33.8 Å². The minimum atomic E-state index is -2.94. The molecule has 0 heterocycles. The third-order valence-electron chi connectivity index (χ3n) is 6.50. The first kappa shape index (κ1) is 25.4. The summed E-state index contributed by atoms with van der Waals surface area (Å²) in [7, 11) is -0.913. The SMILES string of the molecule is CNC1CCc2ccc(OCCCS(=O)(=O)CC3CC3)cc2C1Cc1cccc(Cl)c1.Cl. The van der Waals surface area contributed by atoms with Crippen molar-refractivity contribution in [1.29, 1.82) is 0 Å². The zero-order valence-electron chi connectivity index (χ0n) is 18.6. The topological polar surface area (TPSA) is 55.4 Å². The van der Waals surface area contributed by atoms with Crippen LogP contribution < -0.4 is 10.1 Å². The average molecular weight is 499 g/mol. The van der Waals surface area contributed by atoms with E-state index in [-0.39, 0.29) is 18.2 Å². The number of aryl methyl sites for hydroxylation is 1. The molecule has 2 aromatic carbocycles. The van der Waals surface area contributed by atoms with Gasteiger partial charge in [-0.3, -0.25) is 0 Å². The molecule has 0 amide bonds. The van der Waals surface area contributed by atoms with Gasteiger partial charge in [-0.2, -0.15) is 0 Å². The summed E-state index contributed by atoms with van der Waals surface area (Å²) in [6.45, 7) is 0.428. The molecule has 2 aromatic rings. The van der Waals surface area contributed by atoms with Crippen molar-refractivity contribution in [1.82, 2.24) is 5.32 Å². The molecular formula is C25H33Cl2NO3S. The standard InChI is InChI=1S/C25H32ClNO3S.ClH/c1-27-25-11-9-20-8-10-22(30-12-3-13-31(28,29)17-18-6-7-18)16-23(20)24(25)15-19-4-2-5-21(26)14-19;/h2,4-5,8,10,14,16,18,24-25,27H,3,6-7,9,11-13,15,17H2,1H3;1H. The molecule has 176 valence electrons. The molecule has 2 atom stereocenters. The Morgan fingerprint density at radius 1 is 1.12 bits per heavy atom. The van der Waals surface area contributed by atoms with Gasteiger partial charge < -0.3 is 10.1 Å². The van der Waals surface area contributed by atoms with Gasteiger partial charge in [0.15, 0.2) is 9.84 Å². The lowest BCUT2D eigenvalue weighted by atomic mass is 9.76. The lowest BCUT2D eigenvalue weighted by Crippen LogP contribution is -2.37. The number of nitrogens with one attached hydrogen (secondary N) is 1. The molecule has 0 bridgehead atoms. The Hall–Kier alpha value is -1.27. The number of fused-ring (bicyclic) bond motifs is 1. The summed E-state index contributed by atoms with van der Waals surface area (Å²) in [4.78, 5) is 0. The van der Waals surface area contributed by atoms with E-state index in [1.54, 1.807) is 0 Å². The van der Waals surface area contributed by atoms with Gasteiger partial charge >= 0.3 is 0 Å². The van der Waals surface area contributed by atoms with Gasteiger partial charge in [-0.05, 0) is 92.4 Å². The minimum Gasteiger partial charge on any atom is -0.494 e. The van der Waals surface area contributed by atoms with Crippen molar-refractivity contribution in [3.05, 3.63) is 64.2 Å². The summed E-state index contributed by atoms with van der Waals surface area (Å²) in [5.74, 6) is 2.14. The average Bonchev–Trinajstić information content (AvgIpc) is 3.55. The Balaban J connectivity index is 0.00000289. The van der Waals surface area contributed by atoms with Crippen LogP contribution in [0.4, 0.5) is 0 Å². The van der Waals surface area contributed by atoms with E-state index in [2.05, 4.69) is 23.5 Å². The monoisotopic (exact) mass is 497 g/mol. The Bertz CT molecular complexity index is 1010. The number of likely N-dealkylation sites (N-methyl/N-ethyl adjacent to an activating group) is 1. The highest BCUT2D eigenvalue weighted by Crippen LogP contribution is 2.37. The fourth-order valence-electron chi connectivity index (χ4n) is 4.68. The number of sulfone groups is 1. The number of ether oxygens (including phenoxy) is 1. The normalized spacial score (nSPS) is 20.3. The van der Waals surface area contributed by atoms with Crippen molar-refractivity contribution in [3.63, 3.8) is 0 Å². The molecule has 0 aromatic heterocycles. The van der Waals surface area contributed by atoms with E-state index in [4.69, 9.17) is 16.3 Å². The number of halogens is 2. The van der Waals surface area contributed by atoms with E-state index < -0.39 is 9.84 Å². The van der Waals surface area contributed by atoms with Crippen molar-refractivity contribution < 1.29 is 13.2 Å². The number of benzene rings is 2. The quantitative estimate of drug-likeness (QED) is 0.457. The Labute approximate surface area is 203 Å². The molecule has 2 aliphatic rings. The van der Waals surface area contributed by atoms with Crippen LogP contribution in [-0.2, 0) is 22.7 Å². The van der Waals surface area contributed by atoms with Crippen LogP contribution in [0.3, 0.4) is 0 Å². The molecule has 2 unspecified atom stereocenters.